The molecule has 1 N–H and O–H groups in total. The van der Waals surface area contributed by atoms with Crippen LogP contribution in [0.15, 0.2) is 22.6 Å². The fourth-order valence-electron chi connectivity index (χ4n) is 5.18. The highest BCUT2D eigenvalue weighted by atomic mass is 32.1. The third kappa shape index (κ3) is 2.33. The zero-order valence-electron chi connectivity index (χ0n) is 12.5. The van der Waals surface area contributed by atoms with Crippen LogP contribution in [0.25, 0.3) is 0 Å². The van der Waals surface area contributed by atoms with Crippen LogP contribution < -0.4 is 5.43 Å². The zero-order valence-corrected chi connectivity index (χ0v) is 13.3. The van der Waals surface area contributed by atoms with Gasteiger partial charge in [-0.3, -0.25) is 4.79 Å². The highest BCUT2D eigenvalue weighted by Gasteiger charge is 2.54. The number of hydrogen-bond acceptors (Lipinski definition) is 3. The van der Waals surface area contributed by atoms with Crippen molar-refractivity contribution in [2.45, 2.75) is 45.4 Å². The molecule has 5 rings (SSSR count). The number of hydrazone groups is 1. The summed E-state index contributed by atoms with van der Waals surface area (Å²) >= 11 is 1.66. The first kappa shape index (κ1) is 13.5. The number of carbonyl (C=O) groups is 1. The van der Waals surface area contributed by atoms with E-state index in [0.29, 0.717) is 0 Å². The van der Waals surface area contributed by atoms with Gasteiger partial charge in [0.05, 0.1) is 11.1 Å². The number of rotatable bonds is 3. The van der Waals surface area contributed by atoms with Crippen LogP contribution in [0.4, 0.5) is 0 Å². The third-order valence-corrected chi connectivity index (χ3v) is 6.70. The van der Waals surface area contributed by atoms with Gasteiger partial charge in [0.25, 0.3) is 0 Å². The summed E-state index contributed by atoms with van der Waals surface area (Å²) in [6.45, 7) is 1.96. The highest BCUT2D eigenvalue weighted by Crippen LogP contribution is 2.60. The maximum absolute atomic E-state index is 12.8. The number of nitrogens with one attached hydrogen (secondary N) is 1. The summed E-state index contributed by atoms with van der Waals surface area (Å²) in [6, 6.07) is 4.06. The fraction of sp³-hybridized carbons (Fsp3) is 0.647. The second-order valence-corrected chi connectivity index (χ2v) is 8.26. The molecule has 4 aliphatic rings. The minimum atomic E-state index is -0.103. The minimum absolute atomic E-state index is 0.103. The normalized spacial score (nSPS) is 37.8. The minimum Gasteiger partial charge on any atom is -0.273 e. The third-order valence-electron chi connectivity index (χ3n) is 5.72. The van der Waals surface area contributed by atoms with Crippen molar-refractivity contribution in [3.05, 3.63) is 22.4 Å². The van der Waals surface area contributed by atoms with E-state index in [1.54, 1.807) is 11.3 Å². The largest absolute Gasteiger partial charge is 0.273 e. The lowest BCUT2D eigenvalue weighted by molar-refractivity contribution is -0.146. The SMILES string of the molecule is C/C(=N/NC(=O)C12CC3CC(CC(C3)C1)C2)c1cccs1. The van der Waals surface area contributed by atoms with Crippen molar-refractivity contribution in [1.29, 1.82) is 0 Å². The zero-order chi connectivity index (χ0) is 14.4. The van der Waals surface area contributed by atoms with Gasteiger partial charge in [-0.15, -0.1) is 11.3 Å². The molecule has 0 atom stereocenters. The molecule has 1 amide bonds. The first-order chi connectivity index (χ1) is 10.1. The number of hydrogen-bond donors (Lipinski definition) is 1. The Hall–Kier alpha value is -1.16. The molecular formula is C17H22N2OS. The van der Waals surface area contributed by atoms with E-state index in [1.165, 1.54) is 19.3 Å². The summed E-state index contributed by atoms with van der Waals surface area (Å²) in [5.74, 6) is 2.57. The first-order valence-corrected chi connectivity index (χ1v) is 8.91. The van der Waals surface area contributed by atoms with Crippen molar-refractivity contribution < 1.29 is 4.79 Å². The Balaban J connectivity index is 1.49. The van der Waals surface area contributed by atoms with Gasteiger partial charge in [0, 0.05) is 4.88 Å². The molecule has 21 heavy (non-hydrogen) atoms. The van der Waals surface area contributed by atoms with E-state index >= 15 is 0 Å². The molecule has 0 spiro atoms. The molecule has 0 saturated heterocycles. The average molecular weight is 302 g/mol. The summed E-state index contributed by atoms with van der Waals surface area (Å²) in [6.07, 6.45) is 7.38. The van der Waals surface area contributed by atoms with Crippen LogP contribution in [0.1, 0.15) is 50.3 Å². The first-order valence-electron chi connectivity index (χ1n) is 8.03. The number of nitrogens with zero attached hydrogens (tertiary/aromatic N) is 1. The molecule has 1 heterocycles. The molecule has 3 nitrogen and oxygen atoms in total. The van der Waals surface area contributed by atoms with Crippen molar-refractivity contribution in [1.82, 2.24) is 5.43 Å². The molecule has 4 bridgehead atoms. The van der Waals surface area contributed by atoms with Gasteiger partial charge in [0.1, 0.15) is 0 Å². The molecular weight excluding hydrogens is 280 g/mol. The Morgan fingerprint density at radius 3 is 2.38 bits per heavy atom. The molecule has 1 aromatic heterocycles. The lowest BCUT2D eigenvalue weighted by atomic mass is 9.49. The molecule has 0 aromatic carbocycles. The Bertz CT molecular complexity index is 540. The van der Waals surface area contributed by atoms with Crippen LogP contribution in [0.3, 0.4) is 0 Å². The highest BCUT2D eigenvalue weighted by molar-refractivity contribution is 7.12. The van der Waals surface area contributed by atoms with Crippen molar-refractivity contribution in [3.63, 3.8) is 0 Å². The van der Waals surface area contributed by atoms with Crippen LogP contribution in [-0.2, 0) is 4.79 Å². The topological polar surface area (TPSA) is 41.5 Å². The molecule has 0 aliphatic heterocycles. The van der Waals surface area contributed by atoms with E-state index in [2.05, 4.69) is 10.5 Å². The molecule has 4 heteroatoms. The standard InChI is InChI=1S/C17H22N2OS/c1-11(15-3-2-4-21-15)18-19-16(20)17-8-12-5-13(9-17)7-14(6-12)10-17/h2-4,12-14H,5-10H2,1H3,(H,19,20)/b18-11-. The summed E-state index contributed by atoms with van der Waals surface area (Å²) < 4.78 is 0. The van der Waals surface area contributed by atoms with Gasteiger partial charge in [-0.2, -0.15) is 5.10 Å². The second kappa shape index (κ2) is 4.94. The van der Waals surface area contributed by atoms with Crippen LogP contribution in [-0.4, -0.2) is 11.6 Å². The van der Waals surface area contributed by atoms with Gasteiger partial charge in [0.2, 0.25) is 5.91 Å². The summed E-state index contributed by atoms with van der Waals surface area (Å²) in [4.78, 5) is 13.9. The van der Waals surface area contributed by atoms with Crippen LogP contribution in [0.5, 0.6) is 0 Å². The predicted molar refractivity (Wildman–Crippen MR) is 85.3 cm³/mol. The smallest absolute Gasteiger partial charge is 0.246 e. The maximum Gasteiger partial charge on any atom is 0.246 e. The maximum atomic E-state index is 12.8. The number of carbonyl (C=O) groups excluding carboxylic acids is 1. The van der Waals surface area contributed by atoms with Gasteiger partial charge < -0.3 is 0 Å². The molecule has 0 unspecified atom stereocenters. The number of amides is 1. The Morgan fingerprint density at radius 2 is 1.86 bits per heavy atom. The Labute approximate surface area is 129 Å². The second-order valence-electron chi connectivity index (χ2n) is 7.31. The van der Waals surface area contributed by atoms with E-state index in [0.717, 1.165) is 47.6 Å². The van der Waals surface area contributed by atoms with Crippen LogP contribution in [0.2, 0.25) is 0 Å². The lowest BCUT2D eigenvalue weighted by Crippen LogP contribution is -2.52. The molecule has 4 aliphatic carbocycles. The van der Waals surface area contributed by atoms with Gasteiger partial charge in [-0.1, -0.05) is 6.07 Å². The van der Waals surface area contributed by atoms with Crippen molar-refractivity contribution in [2.24, 2.45) is 28.3 Å². The molecule has 1 aromatic rings. The van der Waals surface area contributed by atoms with E-state index in [4.69, 9.17) is 0 Å². The van der Waals surface area contributed by atoms with E-state index < -0.39 is 0 Å². The van der Waals surface area contributed by atoms with Crippen LogP contribution >= 0.6 is 11.3 Å². The molecule has 112 valence electrons. The number of thiophene rings is 1. The Kier molecular flexibility index (Phi) is 3.18. The summed E-state index contributed by atoms with van der Waals surface area (Å²) in [5.41, 5.74) is 3.69. The predicted octanol–water partition coefficient (Wildman–Crippen LogP) is 3.80. The fourth-order valence-corrected chi connectivity index (χ4v) is 5.86. The van der Waals surface area contributed by atoms with E-state index in [-0.39, 0.29) is 11.3 Å². The van der Waals surface area contributed by atoms with E-state index in [9.17, 15) is 4.79 Å². The van der Waals surface area contributed by atoms with Gasteiger partial charge in [-0.05, 0) is 74.6 Å². The molecule has 0 radical (unpaired) electrons. The summed E-state index contributed by atoms with van der Waals surface area (Å²) in [7, 11) is 0. The lowest BCUT2D eigenvalue weighted by Gasteiger charge is -2.55. The van der Waals surface area contributed by atoms with Gasteiger partial charge in [0.15, 0.2) is 0 Å². The molecule has 4 saturated carbocycles. The average Bonchev–Trinajstić information content (AvgIpc) is 2.97. The monoisotopic (exact) mass is 302 g/mol. The van der Waals surface area contributed by atoms with Crippen molar-refractivity contribution in [3.8, 4) is 0 Å². The Morgan fingerprint density at radius 1 is 1.24 bits per heavy atom. The van der Waals surface area contributed by atoms with Crippen LogP contribution in [0, 0.1) is 23.2 Å². The van der Waals surface area contributed by atoms with Crippen molar-refractivity contribution in [2.75, 3.05) is 0 Å². The van der Waals surface area contributed by atoms with E-state index in [1.807, 2.05) is 24.4 Å². The van der Waals surface area contributed by atoms with Gasteiger partial charge in [-0.25, -0.2) is 5.43 Å². The van der Waals surface area contributed by atoms with Gasteiger partial charge >= 0.3 is 0 Å². The van der Waals surface area contributed by atoms with Crippen molar-refractivity contribution >= 4 is 23.0 Å². The summed E-state index contributed by atoms with van der Waals surface area (Å²) in [5, 5.41) is 6.39. The molecule has 4 fully saturated rings. The quantitative estimate of drug-likeness (QED) is 0.669.